The number of imide groups is 1. The van der Waals surface area contributed by atoms with E-state index in [1.165, 1.54) is 11.9 Å². The third-order valence-corrected chi connectivity index (χ3v) is 5.81. The Bertz CT molecular complexity index is 910. The highest BCUT2D eigenvalue weighted by molar-refractivity contribution is 6.21. The second kappa shape index (κ2) is 11.1. The lowest BCUT2D eigenvalue weighted by Crippen LogP contribution is -2.54. The van der Waals surface area contributed by atoms with Crippen LogP contribution in [0.3, 0.4) is 0 Å². The van der Waals surface area contributed by atoms with Gasteiger partial charge in [-0.25, -0.2) is 0 Å². The van der Waals surface area contributed by atoms with Crippen molar-refractivity contribution in [1.82, 2.24) is 16.0 Å². The molecular formula is C24H34N4O5. The molecule has 0 aromatic heterocycles. The minimum Gasteiger partial charge on any atom is -0.357 e. The van der Waals surface area contributed by atoms with Gasteiger partial charge in [-0.2, -0.15) is 0 Å². The molecule has 0 saturated carbocycles. The Morgan fingerprint density at radius 3 is 2.06 bits per heavy atom. The molecule has 0 radical (unpaired) electrons. The molecule has 0 spiro atoms. The average molecular weight is 459 g/mol. The number of nitrogens with one attached hydrogen (secondary N) is 3. The minimum atomic E-state index is -0.795. The molecule has 3 atom stereocenters. The van der Waals surface area contributed by atoms with Crippen LogP contribution < -0.4 is 20.9 Å². The molecule has 1 heterocycles. The van der Waals surface area contributed by atoms with Crippen LogP contribution in [0.4, 0.5) is 5.69 Å². The number of anilines is 1. The number of carbonyl (C=O) groups excluding carboxylic acids is 5. The van der Waals surface area contributed by atoms with Crippen molar-refractivity contribution in [1.29, 1.82) is 0 Å². The molecule has 1 unspecified atom stereocenters. The molecule has 2 rings (SSSR count). The molecule has 9 nitrogen and oxygen atoms in total. The highest BCUT2D eigenvalue weighted by Crippen LogP contribution is 2.30. The summed E-state index contributed by atoms with van der Waals surface area (Å²) in [5.41, 5.74) is 1.16. The lowest BCUT2D eigenvalue weighted by molar-refractivity contribution is -0.132. The number of nitrogens with zero attached hydrogens (tertiary/aromatic N) is 1. The van der Waals surface area contributed by atoms with Crippen LogP contribution in [-0.4, -0.2) is 48.7 Å². The van der Waals surface area contributed by atoms with Crippen molar-refractivity contribution >= 4 is 35.2 Å². The number of hydrogen-bond donors (Lipinski definition) is 3. The molecule has 9 heteroatoms. The summed E-state index contributed by atoms with van der Waals surface area (Å²) < 4.78 is 0. The fourth-order valence-corrected chi connectivity index (χ4v) is 3.74. The Morgan fingerprint density at radius 1 is 0.970 bits per heavy atom. The molecule has 1 aliphatic heterocycles. The zero-order chi connectivity index (χ0) is 24.9. The van der Waals surface area contributed by atoms with E-state index in [2.05, 4.69) is 16.0 Å². The first kappa shape index (κ1) is 26.0. The van der Waals surface area contributed by atoms with Gasteiger partial charge in [0.25, 0.3) is 0 Å². The van der Waals surface area contributed by atoms with E-state index in [0.29, 0.717) is 11.3 Å². The first-order valence-corrected chi connectivity index (χ1v) is 11.2. The summed E-state index contributed by atoms with van der Waals surface area (Å²) in [5.74, 6) is -1.94. The van der Waals surface area contributed by atoms with Crippen LogP contribution in [0.25, 0.3) is 0 Å². The largest absolute Gasteiger partial charge is 0.357 e. The number of likely N-dealkylation sites (N-methyl/N-ethyl adjacent to an activating group) is 1. The molecule has 1 aromatic rings. The Morgan fingerprint density at radius 2 is 1.58 bits per heavy atom. The number of benzene rings is 1. The van der Waals surface area contributed by atoms with Gasteiger partial charge in [0, 0.05) is 13.5 Å². The van der Waals surface area contributed by atoms with Gasteiger partial charge in [-0.05, 0) is 36.5 Å². The van der Waals surface area contributed by atoms with Crippen LogP contribution in [0.2, 0.25) is 0 Å². The lowest BCUT2D eigenvalue weighted by atomic mass is 9.94. The maximum Gasteiger partial charge on any atom is 0.243 e. The van der Waals surface area contributed by atoms with E-state index in [1.54, 1.807) is 45.0 Å². The topological polar surface area (TPSA) is 125 Å². The second-order valence-corrected chi connectivity index (χ2v) is 9.10. The molecule has 3 N–H and O–H groups in total. The number of amides is 5. The Hall–Kier alpha value is -3.23. The van der Waals surface area contributed by atoms with Crippen LogP contribution in [-0.2, 0) is 30.4 Å². The first-order valence-electron chi connectivity index (χ1n) is 11.2. The molecule has 33 heavy (non-hydrogen) atoms. The summed E-state index contributed by atoms with van der Waals surface area (Å²) in [5, 5.41) is 7.80. The second-order valence-electron chi connectivity index (χ2n) is 9.10. The van der Waals surface area contributed by atoms with Crippen LogP contribution in [0.15, 0.2) is 24.3 Å². The Balaban J connectivity index is 2.02. The molecule has 1 saturated heterocycles. The van der Waals surface area contributed by atoms with Gasteiger partial charge in [0.1, 0.15) is 12.1 Å². The molecule has 1 fully saturated rings. The zero-order valence-corrected chi connectivity index (χ0v) is 20.1. The van der Waals surface area contributed by atoms with Gasteiger partial charge < -0.3 is 16.0 Å². The standard InChI is InChI=1S/C24H34N4O5/c1-13(2)18-12-20(30)28(24(18)33)17-9-7-16(8-10-17)11-19(29)27-21(14(3)4)23(32)26-15(5)22(31)25-6/h7-10,13-15,18,21H,11-12H2,1-6H3,(H,25,31)(H,26,32)(H,27,29)/t15-,18?,21-/m0/s1. The van der Waals surface area contributed by atoms with Crippen LogP contribution in [0.5, 0.6) is 0 Å². The summed E-state index contributed by atoms with van der Waals surface area (Å²) in [6.45, 7) is 9.02. The van der Waals surface area contributed by atoms with Crippen LogP contribution in [0, 0.1) is 17.8 Å². The van der Waals surface area contributed by atoms with Crippen molar-refractivity contribution in [3.8, 4) is 0 Å². The van der Waals surface area contributed by atoms with E-state index in [1.807, 2.05) is 13.8 Å². The van der Waals surface area contributed by atoms with Crippen LogP contribution in [0.1, 0.15) is 46.6 Å². The zero-order valence-electron chi connectivity index (χ0n) is 20.1. The predicted molar refractivity (Wildman–Crippen MR) is 124 cm³/mol. The Labute approximate surface area is 194 Å². The molecule has 0 bridgehead atoms. The van der Waals surface area contributed by atoms with Gasteiger partial charge in [0.15, 0.2) is 0 Å². The van der Waals surface area contributed by atoms with E-state index in [-0.39, 0.29) is 54.2 Å². The summed E-state index contributed by atoms with van der Waals surface area (Å²) in [4.78, 5) is 62.9. The fourth-order valence-electron chi connectivity index (χ4n) is 3.74. The van der Waals surface area contributed by atoms with Gasteiger partial charge in [-0.1, -0.05) is 39.8 Å². The summed E-state index contributed by atoms with van der Waals surface area (Å²) in [6.07, 6.45) is 0.232. The van der Waals surface area contributed by atoms with Crippen molar-refractivity contribution in [2.45, 2.75) is 59.5 Å². The van der Waals surface area contributed by atoms with Crippen molar-refractivity contribution in [2.24, 2.45) is 17.8 Å². The lowest BCUT2D eigenvalue weighted by Gasteiger charge is -2.23. The monoisotopic (exact) mass is 458 g/mol. The smallest absolute Gasteiger partial charge is 0.243 e. The third-order valence-electron chi connectivity index (χ3n) is 5.81. The first-order chi connectivity index (χ1) is 15.5. The van der Waals surface area contributed by atoms with E-state index >= 15 is 0 Å². The Kier molecular flexibility index (Phi) is 8.73. The van der Waals surface area contributed by atoms with E-state index in [0.717, 1.165) is 0 Å². The van der Waals surface area contributed by atoms with Crippen molar-refractivity contribution in [3.05, 3.63) is 29.8 Å². The molecule has 0 aliphatic carbocycles. The maximum absolute atomic E-state index is 12.6. The van der Waals surface area contributed by atoms with E-state index in [4.69, 9.17) is 0 Å². The van der Waals surface area contributed by atoms with Gasteiger partial charge in [-0.3, -0.25) is 28.9 Å². The van der Waals surface area contributed by atoms with E-state index in [9.17, 15) is 24.0 Å². The predicted octanol–water partition coefficient (Wildman–Crippen LogP) is 1.16. The summed E-state index contributed by atoms with van der Waals surface area (Å²) in [6, 6.07) is 5.17. The number of rotatable bonds is 9. The molecule has 180 valence electrons. The highest BCUT2D eigenvalue weighted by atomic mass is 16.2. The molecule has 5 amide bonds. The minimum absolute atomic E-state index is 0.0261. The average Bonchev–Trinajstić information content (AvgIpc) is 3.05. The van der Waals surface area contributed by atoms with Crippen molar-refractivity contribution in [2.75, 3.05) is 11.9 Å². The third kappa shape index (κ3) is 6.40. The maximum atomic E-state index is 12.6. The molecular weight excluding hydrogens is 424 g/mol. The summed E-state index contributed by atoms with van der Waals surface area (Å²) >= 11 is 0. The van der Waals surface area contributed by atoms with Crippen molar-refractivity contribution in [3.63, 3.8) is 0 Å². The number of hydrogen-bond acceptors (Lipinski definition) is 5. The molecule has 1 aromatic carbocycles. The SMILES string of the molecule is CNC(=O)[C@H](C)NC(=O)[C@@H](NC(=O)Cc1ccc(N2C(=O)CC(C(C)C)C2=O)cc1)C(C)C. The summed E-state index contributed by atoms with van der Waals surface area (Å²) in [7, 11) is 1.48. The van der Waals surface area contributed by atoms with E-state index < -0.39 is 18.0 Å². The van der Waals surface area contributed by atoms with Gasteiger partial charge >= 0.3 is 0 Å². The number of carbonyl (C=O) groups is 5. The van der Waals surface area contributed by atoms with Crippen LogP contribution >= 0.6 is 0 Å². The highest BCUT2D eigenvalue weighted by Gasteiger charge is 2.40. The van der Waals surface area contributed by atoms with Crippen molar-refractivity contribution < 1.29 is 24.0 Å². The fraction of sp³-hybridized carbons (Fsp3) is 0.542. The van der Waals surface area contributed by atoms with Gasteiger partial charge in [0.05, 0.1) is 18.0 Å². The molecule has 1 aliphatic rings. The van der Waals surface area contributed by atoms with Gasteiger partial charge in [-0.15, -0.1) is 0 Å². The normalized spacial score (nSPS) is 17.8. The van der Waals surface area contributed by atoms with Gasteiger partial charge in [0.2, 0.25) is 29.5 Å². The quantitative estimate of drug-likeness (QED) is 0.479.